The molecule has 0 fully saturated rings. The van der Waals surface area contributed by atoms with Crippen molar-refractivity contribution in [3.63, 3.8) is 0 Å². The third kappa shape index (κ3) is 40.6. The molecule has 0 saturated heterocycles. The monoisotopic (exact) mass is 774 g/mol. The maximum Gasteiger partial charge on any atom is 0.220 e. The van der Waals surface area contributed by atoms with Gasteiger partial charge in [0, 0.05) is 6.42 Å². The Balaban J connectivity index is 3.52. The molecule has 324 valence electrons. The quantitative estimate of drug-likeness (QED) is 0.0367. The van der Waals surface area contributed by atoms with Crippen molar-refractivity contribution in [2.24, 2.45) is 0 Å². The van der Waals surface area contributed by atoms with Gasteiger partial charge >= 0.3 is 0 Å². The fourth-order valence-electron chi connectivity index (χ4n) is 7.40. The van der Waals surface area contributed by atoms with Crippen LogP contribution in [0.15, 0.2) is 36.5 Å². The predicted molar refractivity (Wildman–Crippen MR) is 241 cm³/mol. The van der Waals surface area contributed by atoms with Gasteiger partial charge in [-0.25, -0.2) is 0 Å². The lowest BCUT2D eigenvalue weighted by Crippen LogP contribution is -2.50. The number of carbonyl (C=O) groups excluding carboxylic acids is 1. The number of hydrogen-bond acceptors (Lipinski definition) is 4. The lowest BCUT2D eigenvalue weighted by Gasteiger charge is -2.26. The molecule has 4 N–H and O–H groups in total. The Morgan fingerprint density at radius 3 is 1.16 bits per heavy atom. The second kappa shape index (κ2) is 45.3. The molecule has 0 aliphatic carbocycles. The van der Waals surface area contributed by atoms with E-state index in [1.54, 1.807) is 0 Å². The van der Waals surface area contributed by atoms with Gasteiger partial charge in [-0.15, -0.1) is 0 Å². The maximum absolute atomic E-state index is 12.4. The molecule has 55 heavy (non-hydrogen) atoms. The molecule has 0 saturated carbocycles. The Morgan fingerprint density at radius 2 is 0.764 bits per heavy atom. The first-order valence-corrected chi connectivity index (χ1v) is 24.3. The highest BCUT2D eigenvalue weighted by atomic mass is 16.3. The van der Waals surface area contributed by atoms with Gasteiger partial charge in [0.1, 0.15) is 6.10 Å². The molecule has 5 heteroatoms. The second-order valence-electron chi connectivity index (χ2n) is 16.6. The molecular formula is C50H95NO4. The first-order valence-electron chi connectivity index (χ1n) is 24.3. The van der Waals surface area contributed by atoms with Crippen molar-refractivity contribution < 1.29 is 20.1 Å². The second-order valence-corrected chi connectivity index (χ2v) is 16.6. The van der Waals surface area contributed by atoms with Crippen molar-refractivity contribution in [2.75, 3.05) is 6.61 Å². The molecule has 0 aromatic rings. The number of hydrogen-bond donors (Lipinski definition) is 4. The van der Waals surface area contributed by atoms with E-state index >= 15 is 0 Å². The van der Waals surface area contributed by atoms with E-state index in [4.69, 9.17) is 0 Å². The van der Waals surface area contributed by atoms with Crippen molar-refractivity contribution in [3.05, 3.63) is 36.5 Å². The van der Waals surface area contributed by atoms with Crippen LogP contribution in [0.2, 0.25) is 0 Å². The van der Waals surface area contributed by atoms with Gasteiger partial charge in [0.15, 0.2) is 0 Å². The average molecular weight is 774 g/mol. The van der Waals surface area contributed by atoms with Crippen LogP contribution in [0.5, 0.6) is 0 Å². The molecule has 0 heterocycles. The van der Waals surface area contributed by atoms with E-state index in [-0.39, 0.29) is 12.5 Å². The van der Waals surface area contributed by atoms with Crippen LogP contribution in [0.25, 0.3) is 0 Å². The highest BCUT2D eigenvalue weighted by Crippen LogP contribution is 2.16. The Kier molecular flexibility index (Phi) is 44.1. The molecule has 0 aliphatic rings. The Bertz CT molecular complexity index is 855. The summed E-state index contributed by atoms with van der Waals surface area (Å²) < 4.78 is 0. The Hall–Kier alpha value is -1.43. The minimum atomic E-state index is -1.16. The number of aliphatic hydroxyl groups is 3. The molecule has 1 amide bonds. The zero-order chi connectivity index (χ0) is 40.1. The standard InChI is InChI=1S/C50H95NO4/c1-3-5-7-9-11-13-15-16-17-18-19-20-21-22-23-24-25-26-27-28-29-30-31-32-33-35-37-39-41-43-45-49(54)51-47(46-52)50(55)48(53)44-42-40-38-36-34-14-12-10-8-6-4-2/h10,12,22-23,36,38,47-48,50,52-53,55H,3-9,11,13-21,24-35,37,39-46H2,1-2H3,(H,51,54)/b12-10+,23-22-,38-36+. The summed E-state index contributed by atoms with van der Waals surface area (Å²) in [5.41, 5.74) is 0. The van der Waals surface area contributed by atoms with E-state index in [0.717, 1.165) is 51.4 Å². The predicted octanol–water partition coefficient (Wildman–Crippen LogP) is 14.3. The van der Waals surface area contributed by atoms with E-state index < -0.39 is 18.2 Å². The number of amides is 1. The highest BCUT2D eigenvalue weighted by molar-refractivity contribution is 5.76. The third-order valence-corrected chi connectivity index (χ3v) is 11.2. The summed E-state index contributed by atoms with van der Waals surface area (Å²) in [4.78, 5) is 12.4. The van der Waals surface area contributed by atoms with Crippen molar-refractivity contribution in [1.82, 2.24) is 5.32 Å². The summed E-state index contributed by atoms with van der Waals surface area (Å²) in [5.74, 6) is -0.158. The normalized spacial score (nSPS) is 13.8. The smallest absolute Gasteiger partial charge is 0.220 e. The Morgan fingerprint density at radius 1 is 0.436 bits per heavy atom. The summed E-state index contributed by atoms with van der Waals surface area (Å²) >= 11 is 0. The van der Waals surface area contributed by atoms with Crippen LogP contribution >= 0.6 is 0 Å². The van der Waals surface area contributed by atoms with Crippen LogP contribution in [0.4, 0.5) is 0 Å². The molecule has 0 aromatic heterocycles. The van der Waals surface area contributed by atoms with Gasteiger partial charge < -0.3 is 20.6 Å². The van der Waals surface area contributed by atoms with Crippen LogP contribution in [0, 0.1) is 0 Å². The number of carbonyl (C=O) groups is 1. The van der Waals surface area contributed by atoms with E-state index in [1.807, 2.05) is 0 Å². The van der Waals surface area contributed by atoms with E-state index in [0.29, 0.717) is 12.8 Å². The fraction of sp³-hybridized carbons (Fsp3) is 0.860. The van der Waals surface area contributed by atoms with Crippen LogP contribution in [0.1, 0.15) is 251 Å². The highest BCUT2D eigenvalue weighted by Gasteiger charge is 2.26. The van der Waals surface area contributed by atoms with Crippen LogP contribution in [-0.2, 0) is 4.79 Å². The van der Waals surface area contributed by atoms with Crippen LogP contribution in [-0.4, -0.2) is 46.1 Å². The number of unbranched alkanes of at least 4 members (excludes halogenated alkanes) is 30. The number of allylic oxidation sites excluding steroid dienone is 6. The zero-order valence-electron chi connectivity index (χ0n) is 36.8. The van der Waals surface area contributed by atoms with Crippen molar-refractivity contribution >= 4 is 5.91 Å². The Labute approximate surface area is 343 Å². The van der Waals surface area contributed by atoms with Crippen LogP contribution in [0.3, 0.4) is 0 Å². The minimum absolute atomic E-state index is 0.158. The topological polar surface area (TPSA) is 89.8 Å². The number of aliphatic hydroxyl groups excluding tert-OH is 3. The number of nitrogens with one attached hydrogen (secondary N) is 1. The zero-order valence-corrected chi connectivity index (χ0v) is 36.8. The van der Waals surface area contributed by atoms with Crippen molar-refractivity contribution in [3.8, 4) is 0 Å². The summed E-state index contributed by atoms with van der Waals surface area (Å²) in [6.07, 6.45) is 57.2. The first-order chi connectivity index (χ1) is 27.1. The van der Waals surface area contributed by atoms with Gasteiger partial charge in [0.25, 0.3) is 0 Å². The van der Waals surface area contributed by atoms with Gasteiger partial charge in [0.2, 0.25) is 5.91 Å². The third-order valence-electron chi connectivity index (χ3n) is 11.2. The maximum atomic E-state index is 12.4. The number of rotatable bonds is 44. The lowest BCUT2D eigenvalue weighted by molar-refractivity contribution is -0.124. The van der Waals surface area contributed by atoms with Gasteiger partial charge in [-0.1, -0.05) is 211 Å². The molecular weight excluding hydrogens is 679 g/mol. The lowest BCUT2D eigenvalue weighted by atomic mass is 10.0. The molecule has 0 spiro atoms. The van der Waals surface area contributed by atoms with E-state index in [2.05, 4.69) is 55.6 Å². The largest absolute Gasteiger partial charge is 0.394 e. The fourth-order valence-corrected chi connectivity index (χ4v) is 7.40. The molecule has 0 bridgehead atoms. The molecule has 0 aromatic carbocycles. The minimum Gasteiger partial charge on any atom is -0.394 e. The molecule has 3 unspecified atom stereocenters. The summed E-state index contributed by atoms with van der Waals surface area (Å²) in [6.45, 7) is 4.12. The van der Waals surface area contributed by atoms with E-state index in [9.17, 15) is 20.1 Å². The molecule has 5 nitrogen and oxygen atoms in total. The summed E-state index contributed by atoms with van der Waals surface area (Å²) in [5, 5.41) is 33.4. The first kappa shape index (κ1) is 53.6. The molecule has 3 atom stereocenters. The average Bonchev–Trinajstić information content (AvgIpc) is 3.19. The summed E-state index contributed by atoms with van der Waals surface area (Å²) in [7, 11) is 0. The van der Waals surface area contributed by atoms with Gasteiger partial charge in [-0.3, -0.25) is 4.79 Å². The molecule has 0 rings (SSSR count). The molecule has 0 aliphatic heterocycles. The summed E-state index contributed by atoms with van der Waals surface area (Å²) in [6, 6.07) is -0.830. The van der Waals surface area contributed by atoms with Gasteiger partial charge in [-0.05, 0) is 70.6 Å². The van der Waals surface area contributed by atoms with Crippen molar-refractivity contribution in [2.45, 2.75) is 270 Å². The SMILES string of the molecule is CCCC/C=C/CC/C=C/CCCC(O)C(O)C(CO)NC(=O)CCCCCCCCCCCCCCCC/C=C\CCCCCCCCCCCCCC. The van der Waals surface area contributed by atoms with Gasteiger partial charge in [-0.2, -0.15) is 0 Å². The molecule has 0 radical (unpaired) electrons. The van der Waals surface area contributed by atoms with Crippen LogP contribution < -0.4 is 5.32 Å². The van der Waals surface area contributed by atoms with E-state index in [1.165, 1.54) is 173 Å². The van der Waals surface area contributed by atoms with Crippen molar-refractivity contribution in [1.29, 1.82) is 0 Å². The van der Waals surface area contributed by atoms with Gasteiger partial charge in [0.05, 0.1) is 18.8 Å².